The van der Waals surface area contributed by atoms with E-state index in [1.807, 2.05) is 13.8 Å². The third-order valence-electron chi connectivity index (χ3n) is 3.97. The Morgan fingerprint density at radius 3 is 2.33 bits per heavy atom. The molecule has 1 fully saturated rings. The number of carbonyl (C=O) groups excluding carboxylic acids is 2. The predicted molar refractivity (Wildman–Crippen MR) is 84.1 cm³/mol. The average Bonchev–Trinajstić information content (AvgIpc) is 2.45. The summed E-state index contributed by atoms with van der Waals surface area (Å²) < 4.78 is 0. The van der Waals surface area contributed by atoms with Crippen molar-refractivity contribution in [3.63, 3.8) is 0 Å². The molecule has 0 aliphatic carbocycles. The van der Waals surface area contributed by atoms with Crippen LogP contribution in [0.1, 0.15) is 40.5 Å². The van der Waals surface area contributed by atoms with Crippen LogP contribution in [0, 0.1) is 5.92 Å². The van der Waals surface area contributed by atoms with E-state index in [9.17, 15) is 9.59 Å². The van der Waals surface area contributed by atoms with E-state index in [4.69, 9.17) is 0 Å². The zero-order chi connectivity index (χ0) is 15.8. The summed E-state index contributed by atoms with van der Waals surface area (Å²) in [6, 6.07) is -0.151. The third-order valence-corrected chi connectivity index (χ3v) is 3.97. The van der Waals surface area contributed by atoms with Gasteiger partial charge in [0.25, 0.3) is 0 Å². The molecule has 0 saturated carbocycles. The van der Waals surface area contributed by atoms with E-state index in [2.05, 4.69) is 34.7 Å². The fraction of sp³-hybridized carbons (Fsp3) is 0.867. The molecular formula is C15H30N4O2. The first-order chi connectivity index (χ1) is 9.93. The van der Waals surface area contributed by atoms with Crippen LogP contribution in [0.2, 0.25) is 0 Å². The van der Waals surface area contributed by atoms with Crippen LogP contribution in [0.4, 0.5) is 4.79 Å². The number of likely N-dealkylation sites (tertiary alicyclic amines) is 1. The molecule has 0 radical (unpaired) electrons. The fourth-order valence-electron chi connectivity index (χ4n) is 2.53. The van der Waals surface area contributed by atoms with Crippen molar-refractivity contribution in [3.05, 3.63) is 0 Å². The Hall–Kier alpha value is -1.14. The zero-order valence-electron chi connectivity index (χ0n) is 13.7. The molecule has 0 aromatic heterocycles. The molecule has 1 unspecified atom stereocenters. The van der Waals surface area contributed by atoms with Crippen LogP contribution in [0.3, 0.4) is 0 Å². The highest BCUT2D eigenvalue weighted by atomic mass is 16.2. The van der Waals surface area contributed by atoms with Gasteiger partial charge in [-0.3, -0.25) is 15.0 Å². The van der Waals surface area contributed by atoms with E-state index in [0.29, 0.717) is 18.5 Å². The van der Waals surface area contributed by atoms with Gasteiger partial charge in [-0.1, -0.05) is 13.8 Å². The van der Waals surface area contributed by atoms with Crippen molar-refractivity contribution in [2.45, 2.75) is 52.6 Å². The van der Waals surface area contributed by atoms with E-state index in [0.717, 1.165) is 32.5 Å². The van der Waals surface area contributed by atoms with Crippen molar-refractivity contribution in [1.82, 2.24) is 20.9 Å². The third kappa shape index (κ3) is 6.44. The molecule has 0 spiro atoms. The smallest absolute Gasteiger partial charge is 0.321 e. The Morgan fingerprint density at radius 2 is 1.81 bits per heavy atom. The fourth-order valence-corrected chi connectivity index (χ4v) is 2.53. The lowest BCUT2D eigenvalue weighted by atomic mass is 9.95. The first kappa shape index (κ1) is 17.9. The number of carbonyl (C=O) groups is 2. The minimum absolute atomic E-state index is 0.222. The molecule has 1 saturated heterocycles. The molecule has 21 heavy (non-hydrogen) atoms. The molecule has 1 aliphatic heterocycles. The van der Waals surface area contributed by atoms with Crippen LogP contribution < -0.4 is 16.0 Å². The summed E-state index contributed by atoms with van der Waals surface area (Å²) in [6.07, 6.45) is 2.19. The molecule has 0 aromatic carbocycles. The number of piperidine rings is 1. The first-order valence-electron chi connectivity index (χ1n) is 8.00. The number of hydrogen-bond acceptors (Lipinski definition) is 4. The Morgan fingerprint density at radius 1 is 1.19 bits per heavy atom. The number of nitrogens with zero attached hydrogens (tertiary/aromatic N) is 1. The molecule has 3 amide bonds. The monoisotopic (exact) mass is 298 g/mol. The zero-order valence-corrected chi connectivity index (χ0v) is 13.7. The van der Waals surface area contributed by atoms with Gasteiger partial charge < -0.3 is 10.6 Å². The van der Waals surface area contributed by atoms with Crippen molar-refractivity contribution in [3.8, 4) is 0 Å². The van der Waals surface area contributed by atoms with E-state index >= 15 is 0 Å². The lowest BCUT2D eigenvalue weighted by Gasteiger charge is -2.35. The summed E-state index contributed by atoms with van der Waals surface area (Å²) in [5.41, 5.74) is 0. The second kappa shape index (κ2) is 9.00. The van der Waals surface area contributed by atoms with Gasteiger partial charge in [0.15, 0.2) is 0 Å². The van der Waals surface area contributed by atoms with Crippen molar-refractivity contribution < 1.29 is 9.59 Å². The number of nitrogens with one attached hydrogen (secondary N) is 3. The summed E-state index contributed by atoms with van der Waals surface area (Å²) >= 11 is 0. The van der Waals surface area contributed by atoms with Crippen LogP contribution in [0.15, 0.2) is 0 Å². The highest BCUT2D eigenvalue weighted by molar-refractivity contribution is 5.96. The Balaban J connectivity index is 2.32. The van der Waals surface area contributed by atoms with E-state index in [1.165, 1.54) is 0 Å². The summed E-state index contributed by atoms with van der Waals surface area (Å²) in [7, 11) is 0. The molecule has 3 N–H and O–H groups in total. The van der Waals surface area contributed by atoms with E-state index in [-0.39, 0.29) is 11.9 Å². The van der Waals surface area contributed by atoms with Gasteiger partial charge in [0, 0.05) is 12.6 Å². The van der Waals surface area contributed by atoms with Crippen molar-refractivity contribution in [2.24, 2.45) is 5.92 Å². The second-order valence-corrected chi connectivity index (χ2v) is 6.07. The topological polar surface area (TPSA) is 73.5 Å². The molecule has 1 heterocycles. The number of imide groups is 1. The molecule has 1 rings (SSSR count). The van der Waals surface area contributed by atoms with Gasteiger partial charge >= 0.3 is 6.03 Å². The lowest BCUT2D eigenvalue weighted by molar-refractivity contribution is -0.125. The van der Waals surface area contributed by atoms with E-state index < -0.39 is 6.03 Å². The summed E-state index contributed by atoms with van der Waals surface area (Å²) in [5.74, 6) is 0.460. The molecule has 1 atom stereocenters. The maximum Gasteiger partial charge on any atom is 0.321 e. The largest absolute Gasteiger partial charge is 0.338 e. The van der Waals surface area contributed by atoms with Gasteiger partial charge in [0.05, 0.1) is 6.04 Å². The predicted octanol–water partition coefficient (Wildman–Crippen LogP) is 0.931. The van der Waals surface area contributed by atoms with Crippen LogP contribution >= 0.6 is 0 Å². The summed E-state index contributed by atoms with van der Waals surface area (Å²) in [4.78, 5) is 25.5. The molecule has 0 aromatic rings. The van der Waals surface area contributed by atoms with Crippen LogP contribution in [0.25, 0.3) is 0 Å². The minimum atomic E-state index is -0.412. The van der Waals surface area contributed by atoms with E-state index in [1.54, 1.807) is 0 Å². The lowest BCUT2D eigenvalue weighted by Crippen LogP contribution is -2.52. The molecule has 122 valence electrons. The van der Waals surface area contributed by atoms with Gasteiger partial charge in [-0.05, 0) is 52.2 Å². The number of rotatable bonds is 6. The van der Waals surface area contributed by atoms with Gasteiger partial charge in [0.1, 0.15) is 0 Å². The maximum absolute atomic E-state index is 12.0. The second-order valence-electron chi connectivity index (χ2n) is 6.07. The number of amides is 3. The Kier molecular flexibility index (Phi) is 7.67. The van der Waals surface area contributed by atoms with Crippen LogP contribution in [0.5, 0.6) is 0 Å². The van der Waals surface area contributed by atoms with Gasteiger partial charge in [-0.25, -0.2) is 4.79 Å². The first-order valence-corrected chi connectivity index (χ1v) is 8.00. The van der Waals surface area contributed by atoms with Gasteiger partial charge in [-0.2, -0.15) is 0 Å². The van der Waals surface area contributed by atoms with Crippen molar-refractivity contribution in [2.75, 3.05) is 26.2 Å². The Labute approximate surface area is 128 Å². The Bertz CT molecular complexity index is 339. The molecule has 6 nitrogen and oxygen atoms in total. The average molecular weight is 298 g/mol. The highest BCUT2D eigenvalue weighted by Crippen LogP contribution is 2.18. The van der Waals surface area contributed by atoms with Gasteiger partial charge in [-0.15, -0.1) is 0 Å². The number of hydrogen-bond donors (Lipinski definition) is 3. The maximum atomic E-state index is 12.0. The molecule has 6 heteroatoms. The molecule has 1 aliphatic rings. The van der Waals surface area contributed by atoms with Crippen LogP contribution in [-0.2, 0) is 4.79 Å². The SMILES string of the molecule is CCNC(=O)NC(=O)C(C)N1CCC(CNC(C)C)CC1. The molecular weight excluding hydrogens is 268 g/mol. The van der Waals surface area contributed by atoms with Crippen molar-refractivity contribution in [1.29, 1.82) is 0 Å². The standard InChI is InChI=1S/C15H30N4O2/c1-5-16-15(21)18-14(20)12(4)19-8-6-13(7-9-19)10-17-11(2)3/h11-13,17H,5-10H2,1-4H3,(H2,16,18,20,21). The summed E-state index contributed by atoms with van der Waals surface area (Å²) in [6.45, 7) is 11.4. The molecule has 0 bridgehead atoms. The normalized spacial score (nSPS) is 18.5. The quantitative estimate of drug-likeness (QED) is 0.682. The number of urea groups is 1. The van der Waals surface area contributed by atoms with Crippen molar-refractivity contribution >= 4 is 11.9 Å². The van der Waals surface area contributed by atoms with Crippen LogP contribution in [-0.4, -0.2) is 55.1 Å². The highest BCUT2D eigenvalue weighted by Gasteiger charge is 2.27. The summed E-state index contributed by atoms with van der Waals surface area (Å²) in [5, 5.41) is 8.43. The minimum Gasteiger partial charge on any atom is -0.338 e. The van der Waals surface area contributed by atoms with Gasteiger partial charge in [0.2, 0.25) is 5.91 Å².